The van der Waals surface area contributed by atoms with Crippen LogP contribution in [0.15, 0.2) is 22.9 Å². The van der Waals surface area contributed by atoms with Gasteiger partial charge in [-0.3, -0.25) is 0 Å². The van der Waals surface area contributed by atoms with E-state index < -0.39 is 0 Å². The lowest BCUT2D eigenvalue weighted by Gasteiger charge is -1.99. The van der Waals surface area contributed by atoms with Crippen molar-refractivity contribution in [2.45, 2.75) is 31.6 Å². The second-order valence-electron chi connectivity index (χ2n) is 4.41. The second kappa shape index (κ2) is 4.16. The summed E-state index contributed by atoms with van der Waals surface area (Å²) >= 11 is 0. The van der Waals surface area contributed by atoms with Crippen molar-refractivity contribution in [2.24, 2.45) is 0 Å². The van der Waals surface area contributed by atoms with E-state index in [9.17, 15) is 0 Å². The predicted octanol–water partition coefficient (Wildman–Crippen LogP) is 2.37. The Kier molecular flexibility index (Phi) is 2.51. The van der Waals surface area contributed by atoms with Crippen LogP contribution in [0, 0.1) is 0 Å². The smallest absolute Gasteiger partial charge is 0.259 e. The highest BCUT2D eigenvalue weighted by atomic mass is 16.5. The number of nitrogens with two attached hydrogens (primary N) is 1. The van der Waals surface area contributed by atoms with Crippen LogP contribution in [0.25, 0.3) is 11.5 Å². The van der Waals surface area contributed by atoms with Crippen LogP contribution in [0.5, 0.6) is 0 Å². The maximum Gasteiger partial charge on any atom is 0.259 e. The Bertz CT molecular complexity index is 499. The summed E-state index contributed by atoms with van der Waals surface area (Å²) in [6, 6.07) is 3.57. The molecule has 0 atom stereocenters. The summed E-state index contributed by atoms with van der Waals surface area (Å²) in [7, 11) is 0. The molecule has 0 amide bonds. The zero-order chi connectivity index (χ0) is 11.7. The van der Waals surface area contributed by atoms with E-state index in [0.717, 1.165) is 11.4 Å². The summed E-state index contributed by atoms with van der Waals surface area (Å²) in [6.07, 6.45) is 6.51. The second-order valence-corrected chi connectivity index (χ2v) is 4.41. The minimum absolute atomic E-state index is 0.467. The van der Waals surface area contributed by atoms with E-state index in [1.54, 1.807) is 12.3 Å². The lowest BCUT2D eigenvalue weighted by Crippen LogP contribution is -1.94. The van der Waals surface area contributed by atoms with E-state index in [2.05, 4.69) is 15.1 Å². The van der Waals surface area contributed by atoms with Crippen LogP contribution in [-0.2, 0) is 0 Å². The van der Waals surface area contributed by atoms with Gasteiger partial charge in [0.05, 0.1) is 5.56 Å². The molecular formula is C12H14N4O. The summed E-state index contributed by atoms with van der Waals surface area (Å²) in [5, 5.41) is 4.05. The minimum atomic E-state index is 0.467. The van der Waals surface area contributed by atoms with Crippen LogP contribution in [0.2, 0.25) is 0 Å². The van der Waals surface area contributed by atoms with Crippen molar-refractivity contribution >= 4 is 5.82 Å². The first-order valence-corrected chi connectivity index (χ1v) is 5.88. The maximum absolute atomic E-state index is 5.53. The predicted molar refractivity (Wildman–Crippen MR) is 63.2 cm³/mol. The molecule has 5 nitrogen and oxygen atoms in total. The first-order valence-electron chi connectivity index (χ1n) is 5.88. The summed E-state index contributed by atoms with van der Waals surface area (Å²) in [4.78, 5) is 8.45. The Morgan fingerprint density at radius 2 is 2.06 bits per heavy atom. The van der Waals surface area contributed by atoms with Gasteiger partial charge in [-0.05, 0) is 25.0 Å². The molecule has 1 saturated carbocycles. The molecule has 1 aliphatic carbocycles. The molecule has 2 aromatic rings. The number of anilines is 1. The number of aromatic nitrogens is 3. The number of nitrogens with zero attached hydrogens (tertiary/aromatic N) is 3. The SMILES string of the molecule is Nc1ccc(-c2nc(C3CCCC3)no2)cn1. The van der Waals surface area contributed by atoms with Crippen LogP contribution < -0.4 is 5.73 Å². The van der Waals surface area contributed by atoms with Gasteiger partial charge < -0.3 is 10.3 Å². The van der Waals surface area contributed by atoms with Gasteiger partial charge in [-0.15, -0.1) is 0 Å². The Hall–Kier alpha value is -1.91. The van der Waals surface area contributed by atoms with Crippen LogP contribution in [-0.4, -0.2) is 15.1 Å². The van der Waals surface area contributed by atoms with Crippen LogP contribution in [0.3, 0.4) is 0 Å². The molecule has 3 rings (SSSR count). The molecule has 1 fully saturated rings. The van der Waals surface area contributed by atoms with E-state index in [4.69, 9.17) is 10.3 Å². The van der Waals surface area contributed by atoms with E-state index in [1.807, 2.05) is 6.07 Å². The largest absolute Gasteiger partial charge is 0.384 e. The van der Waals surface area contributed by atoms with Gasteiger partial charge in [0.2, 0.25) is 0 Å². The van der Waals surface area contributed by atoms with Gasteiger partial charge in [-0.25, -0.2) is 4.98 Å². The summed E-state index contributed by atoms with van der Waals surface area (Å²) in [6.45, 7) is 0. The molecular weight excluding hydrogens is 216 g/mol. The molecule has 0 aromatic carbocycles. The third-order valence-electron chi connectivity index (χ3n) is 3.20. The molecule has 1 aliphatic rings. The quantitative estimate of drug-likeness (QED) is 0.856. The average Bonchev–Trinajstić information content (AvgIpc) is 3.00. The molecule has 2 heterocycles. The third-order valence-corrected chi connectivity index (χ3v) is 3.20. The van der Waals surface area contributed by atoms with Crippen molar-refractivity contribution in [1.82, 2.24) is 15.1 Å². The normalized spacial score (nSPS) is 16.5. The van der Waals surface area contributed by atoms with E-state index in [-0.39, 0.29) is 0 Å². The van der Waals surface area contributed by atoms with Crippen molar-refractivity contribution in [1.29, 1.82) is 0 Å². The Morgan fingerprint density at radius 3 is 2.76 bits per heavy atom. The summed E-state index contributed by atoms with van der Waals surface area (Å²) in [5.41, 5.74) is 6.35. The molecule has 5 heteroatoms. The molecule has 88 valence electrons. The molecule has 0 saturated heterocycles. The number of hydrogen-bond donors (Lipinski definition) is 1. The van der Waals surface area contributed by atoms with Crippen LogP contribution in [0.1, 0.15) is 37.4 Å². The monoisotopic (exact) mass is 230 g/mol. The number of hydrogen-bond acceptors (Lipinski definition) is 5. The molecule has 0 aliphatic heterocycles. The molecule has 2 aromatic heterocycles. The van der Waals surface area contributed by atoms with E-state index >= 15 is 0 Å². The molecule has 2 N–H and O–H groups in total. The zero-order valence-corrected chi connectivity index (χ0v) is 9.47. The lowest BCUT2D eigenvalue weighted by molar-refractivity contribution is 0.415. The van der Waals surface area contributed by atoms with Gasteiger partial charge >= 0.3 is 0 Å². The number of nitrogen functional groups attached to an aromatic ring is 1. The minimum Gasteiger partial charge on any atom is -0.384 e. The molecule has 0 spiro atoms. The van der Waals surface area contributed by atoms with Gasteiger partial charge in [0.1, 0.15) is 5.82 Å². The fourth-order valence-electron chi connectivity index (χ4n) is 2.23. The van der Waals surface area contributed by atoms with Gasteiger partial charge in [-0.1, -0.05) is 18.0 Å². The van der Waals surface area contributed by atoms with Gasteiger partial charge in [0.15, 0.2) is 5.82 Å². The molecule has 0 radical (unpaired) electrons. The van der Waals surface area contributed by atoms with Crippen molar-refractivity contribution in [3.8, 4) is 11.5 Å². The maximum atomic E-state index is 5.53. The van der Waals surface area contributed by atoms with Crippen molar-refractivity contribution in [3.05, 3.63) is 24.2 Å². The Morgan fingerprint density at radius 1 is 1.24 bits per heavy atom. The van der Waals surface area contributed by atoms with Gasteiger partial charge in [0.25, 0.3) is 5.89 Å². The first-order chi connectivity index (χ1) is 8.33. The standard InChI is InChI=1S/C12H14N4O/c13-10-6-5-9(7-14-10)12-15-11(16-17-12)8-3-1-2-4-8/h5-8H,1-4H2,(H2,13,14). The lowest BCUT2D eigenvalue weighted by atomic mass is 10.1. The highest BCUT2D eigenvalue weighted by molar-refractivity contribution is 5.53. The van der Waals surface area contributed by atoms with Crippen molar-refractivity contribution < 1.29 is 4.52 Å². The van der Waals surface area contributed by atoms with Gasteiger partial charge in [-0.2, -0.15) is 4.98 Å². The first kappa shape index (κ1) is 10.3. The third kappa shape index (κ3) is 2.00. The van der Waals surface area contributed by atoms with E-state index in [0.29, 0.717) is 17.6 Å². The highest BCUT2D eigenvalue weighted by Gasteiger charge is 2.22. The fourth-order valence-corrected chi connectivity index (χ4v) is 2.23. The zero-order valence-electron chi connectivity index (χ0n) is 9.47. The summed E-state index contributed by atoms with van der Waals surface area (Å²) < 4.78 is 5.26. The van der Waals surface area contributed by atoms with Crippen LogP contribution in [0.4, 0.5) is 5.82 Å². The highest BCUT2D eigenvalue weighted by Crippen LogP contribution is 2.33. The molecule has 0 unspecified atom stereocenters. The van der Waals surface area contributed by atoms with Gasteiger partial charge in [0, 0.05) is 12.1 Å². The molecule has 0 bridgehead atoms. The number of rotatable bonds is 2. The van der Waals surface area contributed by atoms with Crippen molar-refractivity contribution in [3.63, 3.8) is 0 Å². The average molecular weight is 230 g/mol. The number of pyridine rings is 1. The molecule has 17 heavy (non-hydrogen) atoms. The summed E-state index contributed by atoms with van der Waals surface area (Å²) in [5.74, 6) is 2.31. The topological polar surface area (TPSA) is 77.8 Å². The fraction of sp³-hybridized carbons (Fsp3) is 0.417. The Labute approximate surface area is 99.1 Å². The van der Waals surface area contributed by atoms with E-state index in [1.165, 1.54) is 25.7 Å². The van der Waals surface area contributed by atoms with Crippen molar-refractivity contribution in [2.75, 3.05) is 5.73 Å². The van der Waals surface area contributed by atoms with Crippen LogP contribution >= 0.6 is 0 Å². The Balaban J connectivity index is 1.86.